The number of carbonyl (C=O) groups is 1. The highest BCUT2D eigenvalue weighted by atomic mass is 19.4. The molecule has 0 aliphatic carbocycles. The SMILES string of the molecule is Cc1ccc(NC(C)c2cccc(C(F)(F)F)c2)cc1N1CCNC1=O. The van der Waals surface area contributed by atoms with Gasteiger partial charge in [0.1, 0.15) is 0 Å². The number of urea groups is 1. The maximum Gasteiger partial charge on any atom is 0.416 e. The molecule has 1 atom stereocenters. The number of halogens is 3. The van der Waals surface area contributed by atoms with Crippen molar-refractivity contribution in [3.63, 3.8) is 0 Å². The molecule has 2 aromatic carbocycles. The highest BCUT2D eigenvalue weighted by Crippen LogP contribution is 2.32. The van der Waals surface area contributed by atoms with E-state index in [4.69, 9.17) is 0 Å². The van der Waals surface area contributed by atoms with Crippen LogP contribution < -0.4 is 15.5 Å². The van der Waals surface area contributed by atoms with Crippen LogP contribution in [0.3, 0.4) is 0 Å². The summed E-state index contributed by atoms with van der Waals surface area (Å²) in [6, 6.07) is 10.4. The van der Waals surface area contributed by atoms with Gasteiger partial charge in [0, 0.05) is 24.8 Å². The second-order valence-corrected chi connectivity index (χ2v) is 6.37. The van der Waals surface area contributed by atoms with E-state index in [0.29, 0.717) is 18.7 Å². The zero-order valence-electron chi connectivity index (χ0n) is 14.5. The molecule has 2 aromatic rings. The summed E-state index contributed by atoms with van der Waals surface area (Å²) in [5.41, 5.74) is 2.37. The van der Waals surface area contributed by atoms with Crippen LogP contribution in [0.2, 0.25) is 0 Å². The minimum atomic E-state index is -4.37. The van der Waals surface area contributed by atoms with E-state index >= 15 is 0 Å². The lowest BCUT2D eigenvalue weighted by Gasteiger charge is -2.21. The lowest BCUT2D eigenvalue weighted by molar-refractivity contribution is -0.137. The third-order valence-electron chi connectivity index (χ3n) is 4.45. The van der Waals surface area contributed by atoms with Crippen molar-refractivity contribution in [1.29, 1.82) is 0 Å². The van der Waals surface area contributed by atoms with Crippen molar-refractivity contribution in [3.8, 4) is 0 Å². The summed E-state index contributed by atoms with van der Waals surface area (Å²) < 4.78 is 38.7. The number of nitrogens with zero attached hydrogens (tertiary/aromatic N) is 1. The zero-order chi connectivity index (χ0) is 18.9. The molecule has 1 unspecified atom stereocenters. The number of alkyl halides is 3. The summed E-state index contributed by atoms with van der Waals surface area (Å²) in [4.78, 5) is 13.6. The summed E-state index contributed by atoms with van der Waals surface area (Å²) in [6.45, 7) is 4.90. The largest absolute Gasteiger partial charge is 0.416 e. The molecule has 4 nitrogen and oxygen atoms in total. The summed E-state index contributed by atoms with van der Waals surface area (Å²) >= 11 is 0. The van der Waals surface area contributed by atoms with E-state index in [-0.39, 0.29) is 12.1 Å². The number of benzene rings is 2. The highest BCUT2D eigenvalue weighted by molar-refractivity contribution is 5.95. The van der Waals surface area contributed by atoms with Gasteiger partial charge in [0.2, 0.25) is 0 Å². The minimum Gasteiger partial charge on any atom is -0.378 e. The Hall–Kier alpha value is -2.70. The molecule has 138 valence electrons. The normalized spacial score (nSPS) is 15.7. The van der Waals surface area contributed by atoms with Crippen LogP contribution in [-0.2, 0) is 6.18 Å². The van der Waals surface area contributed by atoms with Crippen LogP contribution >= 0.6 is 0 Å². The number of anilines is 2. The number of amides is 2. The van der Waals surface area contributed by atoms with Crippen molar-refractivity contribution in [1.82, 2.24) is 5.32 Å². The van der Waals surface area contributed by atoms with Gasteiger partial charge in [0.05, 0.1) is 11.3 Å². The first-order valence-electron chi connectivity index (χ1n) is 8.35. The summed E-state index contributed by atoms with van der Waals surface area (Å²) in [6.07, 6.45) is -4.37. The van der Waals surface area contributed by atoms with E-state index in [9.17, 15) is 18.0 Å². The summed E-state index contributed by atoms with van der Waals surface area (Å²) in [7, 11) is 0. The van der Waals surface area contributed by atoms with Crippen LogP contribution in [0.25, 0.3) is 0 Å². The van der Waals surface area contributed by atoms with Crippen molar-refractivity contribution in [2.24, 2.45) is 0 Å². The van der Waals surface area contributed by atoms with Gasteiger partial charge in [0.25, 0.3) is 0 Å². The average molecular weight is 363 g/mol. The molecule has 3 rings (SSSR count). The molecule has 1 heterocycles. The number of aryl methyl sites for hydroxylation is 1. The third-order valence-corrected chi connectivity index (χ3v) is 4.45. The van der Waals surface area contributed by atoms with Crippen molar-refractivity contribution < 1.29 is 18.0 Å². The fraction of sp³-hybridized carbons (Fsp3) is 0.316. The fourth-order valence-corrected chi connectivity index (χ4v) is 3.01. The highest BCUT2D eigenvalue weighted by Gasteiger charge is 2.30. The minimum absolute atomic E-state index is 0.142. The molecule has 0 spiro atoms. The van der Waals surface area contributed by atoms with Crippen molar-refractivity contribution in [2.45, 2.75) is 26.1 Å². The van der Waals surface area contributed by atoms with E-state index in [1.807, 2.05) is 25.1 Å². The Bertz CT molecular complexity index is 820. The van der Waals surface area contributed by atoms with Crippen LogP contribution in [0, 0.1) is 6.92 Å². The number of hydrogen-bond acceptors (Lipinski definition) is 2. The predicted octanol–water partition coefficient (Wildman–Crippen LogP) is 4.72. The molecule has 0 bridgehead atoms. The topological polar surface area (TPSA) is 44.4 Å². The Kier molecular flexibility index (Phi) is 4.80. The molecular weight excluding hydrogens is 343 g/mol. The molecule has 1 saturated heterocycles. The first kappa shape index (κ1) is 18.1. The Morgan fingerprint density at radius 2 is 1.96 bits per heavy atom. The van der Waals surface area contributed by atoms with Gasteiger partial charge in [-0.1, -0.05) is 18.2 Å². The quantitative estimate of drug-likeness (QED) is 0.826. The zero-order valence-corrected chi connectivity index (χ0v) is 14.5. The van der Waals surface area contributed by atoms with Crippen LogP contribution in [0.4, 0.5) is 29.3 Å². The van der Waals surface area contributed by atoms with Crippen molar-refractivity contribution >= 4 is 17.4 Å². The fourth-order valence-electron chi connectivity index (χ4n) is 3.01. The molecule has 26 heavy (non-hydrogen) atoms. The predicted molar refractivity (Wildman–Crippen MR) is 95.4 cm³/mol. The van der Waals surface area contributed by atoms with Crippen LogP contribution in [0.5, 0.6) is 0 Å². The monoisotopic (exact) mass is 363 g/mol. The number of carbonyl (C=O) groups excluding carboxylic acids is 1. The second kappa shape index (κ2) is 6.90. The molecule has 1 fully saturated rings. The van der Waals surface area contributed by atoms with Gasteiger partial charge >= 0.3 is 12.2 Å². The molecule has 0 aromatic heterocycles. The number of nitrogens with one attached hydrogen (secondary N) is 2. The number of hydrogen-bond donors (Lipinski definition) is 2. The molecule has 0 radical (unpaired) electrons. The summed E-state index contributed by atoms with van der Waals surface area (Å²) in [5, 5.41) is 5.98. The van der Waals surface area contributed by atoms with Crippen LogP contribution in [0.1, 0.15) is 29.7 Å². The lowest BCUT2D eigenvalue weighted by atomic mass is 10.0. The van der Waals surface area contributed by atoms with Gasteiger partial charge in [-0.15, -0.1) is 0 Å². The molecule has 2 N–H and O–H groups in total. The Morgan fingerprint density at radius 1 is 1.19 bits per heavy atom. The first-order chi connectivity index (χ1) is 12.3. The van der Waals surface area contributed by atoms with Gasteiger partial charge in [0.15, 0.2) is 0 Å². The van der Waals surface area contributed by atoms with E-state index in [0.717, 1.165) is 29.1 Å². The molecule has 7 heteroatoms. The average Bonchev–Trinajstić information content (AvgIpc) is 3.02. The standard InChI is InChI=1S/C19H20F3N3O/c1-12-6-7-16(11-17(12)25-9-8-23-18(25)26)24-13(2)14-4-3-5-15(10-14)19(20,21)22/h3-7,10-11,13,24H,8-9H2,1-2H3,(H,23,26). The van der Waals surface area contributed by atoms with Crippen molar-refractivity contribution in [2.75, 3.05) is 23.3 Å². The maximum absolute atomic E-state index is 12.9. The lowest BCUT2D eigenvalue weighted by Crippen LogP contribution is -2.28. The molecule has 1 aliphatic rings. The second-order valence-electron chi connectivity index (χ2n) is 6.37. The molecule has 0 saturated carbocycles. The first-order valence-corrected chi connectivity index (χ1v) is 8.35. The maximum atomic E-state index is 12.9. The smallest absolute Gasteiger partial charge is 0.378 e. The Morgan fingerprint density at radius 3 is 2.62 bits per heavy atom. The van der Waals surface area contributed by atoms with E-state index in [2.05, 4.69) is 10.6 Å². The van der Waals surface area contributed by atoms with Crippen LogP contribution in [-0.4, -0.2) is 19.1 Å². The summed E-state index contributed by atoms with van der Waals surface area (Å²) in [5.74, 6) is 0. The molecule has 1 aliphatic heterocycles. The van der Waals surface area contributed by atoms with E-state index in [1.54, 1.807) is 17.9 Å². The van der Waals surface area contributed by atoms with Gasteiger partial charge in [-0.3, -0.25) is 4.90 Å². The third kappa shape index (κ3) is 3.76. The Balaban J connectivity index is 1.82. The van der Waals surface area contributed by atoms with Gasteiger partial charge < -0.3 is 10.6 Å². The van der Waals surface area contributed by atoms with Gasteiger partial charge in [-0.25, -0.2) is 4.79 Å². The van der Waals surface area contributed by atoms with Crippen LogP contribution in [0.15, 0.2) is 42.5 Å². The van der Waals surface area contributed by atoms with Crippen molar-refractivity contribution in [3.05, 3.63) is 59.2 Å². The number of rotatable bonds is 4. The Labute approximate surface area is 150 Å². The van der Waals surface area contributed by atoms with Gasteiger partial charge in [-0.2, -0.15) is 13.2 Å². The van der Waals surface area contributed by atoms with E-state index in [1.165, 1.54) is 6.07 Å². The van der Waals surface area contributed by atoms with E-state index < -0.39 is 11.7 Å². The molecule has 2 amide bonds. The van der Waals surface area contributed by atoms with Gasteiger partial charge in [-0.05, 0) is 49.2 Å². The molecular formula is C19H20F3N3O.